The van der Waals surface area contributed by atoms with Gasteiger partial charge in [-0.05, 0) is 51.0 Å². The monoisotopic (exact) mass is 263 g/mol. The van der Waals surface area contributed by atoms with Crippen LogP contribution in [0.1, 0.15) is 19.8 Å². The van der Waals surface area contributed by atoms with E-state index < -0.39 is 0 Å². The minimum atomic E-state index is 0.0838. The molecule has 1 fully saturated rings. The summed E-state index contributed by atoms with van der Waals surface area (Å²) in [5, 5.41) is 3.49. The Labute approximate surface area is 115 Å². The maximum absolute atomic E-state index is 11.5. The molecule has 1 aliphatic heterocycles. The maximum Gasteiger partial charge on any atom is 0.250 e. The molecule has 0 radical (unpaired) electrons. The molecule has 0 aliphatic carbocycles. The second kappa shape index (κ2) is 7.46. The Hall–Kier alpha value is -1.13. The highest BCUT2D eigenvalue weighted by Crippen LogP contribution is 2.15. The summed E-state index contributed by atoms with van der Waals surface area (Å²) in [6.45, 7) is 8.60. The van der Waals surface area contributed by atoms with Crippen LogP contribution in [-0.4, -0.2) is 42.2 Å². The molecule has 0 amide bonds. The largest absolute Gasteiger partial charge is 0.315 e. The Morgan fingerprint density at radius 1 is 1.32 bits per heavy atom. The van der Waals surface area contributed by atoms with Crippen LogP contribution in [-0.2, 0) is 6.54 Å². The van der Waals surface area contributed by atoms with Gasteiger partial charge in [-0.2, -0.15) is 0 Å². The van der Waals surface area contributed by atoms with E-state index in [2.05, 4.69) is 17.1 Å². The molecule has 0 saturated carbocycles. The number of rotatable bonds is 6. The van der Waals surface area contributed by atoms with Gasteiger partial charge in [0.2, 0.25) is 0 Å². The van der Waals surface area contributed by atoms with Crippen LogP contribution < -0.4 is 10.9 Å². The molecule has 0 aromatic carbocycles. The molecule has 2 heterocycles. The molecule has 4 heteroatoms. The SMILES string of the molecule is CCN1CCC(CNCCn2ccccc2=O)CC1. The molecule has 1 saturated heterocycles. The number of hydrogen-bond acceptors (Lipinski definition) is 3. The molecular formula is C15H25N3O. The number of nitrogens with one attached hydrogen (secondary N) is 1. The Morgan fingerprint density at radius 3 is 2.79 bits per heavy atom. The lowest BCUT2D eigenvalue weighted by atomic mass is 9.97. The van der Waals surface area contributed by atoms with Crippen molar-refractivity contribution >= 4 is 0 Å². The molecule has 1 N–H and O–H groups in total. The highest BCUT2D eigenvalue weighted by Gasteiger charge is 2.17. The van der Waals surface area contributed by atoms with Crippen molar-refractivity contribution in [1.82, 2.24) is 14.8 Å². The average Bonchev–Trinajstić information content (AvgIpc) is 2.46. The summed E-state index contributed by atoms with van der Waals surface area (Å²) in [5.41, 5.74) is 0.0838. The number of nitrogens with zero attached hydrogens (tertiary/aromatic N) is 2. The molecule has 0 bridgehead atoms. The summed E-state index contributed by atoms with van der Waals surface area (Å²) in [4.78, 5) is 14.0. The van der Waals surface area contributed by atoms with Crippen LogP contribution in [0.25, 0.3) is 0 Å². The number of hydrogen-bond donors (Lipinski definition) is 1. The third kappa shape index (κ3) is 4.48. The molecule has 1 aromatic rings. The third-order valence-electron chi connectivity index (χ3n) is 4.02. The van der Waals surface area contributed by atoms with Crippen molar-refractivity contribution in [2.75, 3.05) is 32.7 Å². The zero-order chi connectivity index (χ0) is 13.5. The average molecular weight is 263 g/mol. The van der Waals surface area contributed by atoms with E-state index in [0.29, 0.717) is 0 Å². The second-order valence-corrected chi connectivity index (χ2v) is 5.31. The molecule has 1 aromatic heterocycles. The van der Waals surface area contributed by atoms with Gasteiger partial charge in [-0.3, -0.25) is 4.79 Å². The van der Waals surface area contributed by atoms with Crippen LogP contribution >= 0.6 is 0 Å². The molecular weight excluding hydrogens is 238 g/mol. The highest BCUT2D eigenvalue weighted by atomic mass is 16.1. The van der Waals surface area contributed by atoms with Gasteiger partial charge in [0.1, 0.15) is 0 Å². The Morgan fingerprint density at radius 2 is 2.11 bits per heavy atom. The normalized spacial score (nSPS) is 17.7. The third-order valence-corrected chi connectivity index (χ3v) is 4.02. The predicted octanol–water partition coefficient (Wildman–Crippen LogP) is 1.17. The summed E-state index contributed by atoms with van der Waals surface area (Å²) in [6, 6.07) is 5.30. The molecule has 0 atom stereocenters. The fourth-order valence-corrected chi connectivity index (χ4v) is 2.66. The lowest BCUT2D eigenvalue weighted by Crippen LogP contribution is -2.38. The van der Waals surface area contributed by atoms with Crippen molar-refractivity contribution in [1.29, 1.82) is 0 Å². The van der Waals surface area contributed by atoms with E-state index in [1.807, 2.05) is 12.3 Å². The fraction of sp³-hybridized carbons (Fsp3) is 0.667. The van der Waals surface area contributed by atoms with Gasteiger partial charge >= 0.3 is 0 Å². The lowest BCUT2D eigenvalue weighted by Gasteiger charge is -2.31. The van der Waals surface area contributed by atoms with Crippen molar-refractivity contribution in [3.63, 3.8) is 0 Å². The van der Waals surface area contributed by atoms with E-state index in [0.717, 1.165) is 25.6 Å². The summed E-state index contributed by atoms with van der Waals surface area (Å²) >= 11 is 0. The van der Waals surface area contributed by atoms with E-state index in [4.69, 9.17) is 0 Å². The van der Waals surface area contributed by atoms with Gasteiger partial charge in [-0.1, -0.05) is 13.0 Å². The zero-order valence-electron chi connectivity index (χ0n) is 11.8. The Balaban J connectivity index is 1.63. The van der Waals surface area contributed by atoms with E-state index in [1.165, 1.54) is 32.5 Å². The number of pyridine rings is 1. The van der Waals surface area contributed by atoms with Gasteiger partial charge in [-0.15, -0.1) is 0 Å². The minimum absolute atomic E-state index is 0.0838. The maximum atomic E-state index is 11.5. The second-order valence-electron chi connectivity index (χ2n) is 5.31. The van der Waals surface area contributed by atoms with Crippen LogP contribution in [0.4, 0.5) is 0 Å². The van der Waals surface area contributed by atoms with Gasteiger partial charge in [0, 0.05) is 25.4 Å². The highest BCUT2D eigenvalue weighted by molar-refractivity contribution is 4.93. The molecule has 0 spiro atoms. The quantitative estimate of drug-likeness (QED) is 0.783. The first kappa shape index (κ1) is 14.3. The fourth-order valence-electron chi connectivity index (χ4n) is 2.66. The first-order valence-electron chi connectivity index (χ1n) is 7.38. The van der Waals surface area contributed by atoms with Crippen molar-refractivity contribution in [3.05, 3.63) is 34.7 Å². The summed E-state index contributed by atoms with van der Waals surface area (Å²) < 4.78 is 1.76. The topological polar surface area (TPSA) is 37.3 Å². The van der Waals surface area contributed by atoms with Gasteiger partial charge < -0.3 is 14.8 Å². The zero-order valence-corrected chi connectivity index (χ0v) is 11.8. The Bertz CT molecular complexity index is 421. The molecule has 1 aliphatic rings. The van der Waals surface area contributed by atoms with Crippen LogP contribution in [0, 0.1) is 5.92 Å². The predicted molar refractivity (Wildman–Crippen MR) is 78.4 cm³/mol. The molecule has 2 rings (SSSR count). The number of likely N-dealkylation sites (tertiary alicyclic amines) is 1. The van der Waals surface area contributed by atoms with E-state index in [-0.39, 0.29) is 5.56 Å². The minimum Gasteiger partial charge on any atom is -0.315 e. The molecule has 106 valence electrons. The van der Waals surface area contributed by atoms with Crippen LogP contribution in [0.5, 0.6) is 0 Å². The van der Waals surface area contributed by atoms with Crippen LogP contribution in [0.3, 0.4) is 0 Å². The van der Waals surface area contributed by atoms with Crippen LogP contribution in [0.2, 0.25) is 0 Å². The Kier molecular flexibility index (Phi) is 5.61. The van der Waals surface area contributed by atoms with Gasteiger partial charge in [0.25, 0.3) is 5.56 Å². The number of piperidine rings is 1. The summed E-state index contributed by atoms with van der Waals surface area (Å²) in [5.74, 6) is 0.801. The van der Waals surface area contributed by atoms with Gasteiger partial charge in [0.05, 0.1) is 0 Å². The van der Waals surface area contributed by atoms with Crippen LogP contribution in [0.15, 0.2) is 29.2 Å². The molecule has 19 heavy (non-hydrogen) atoms. The molecule has 0 unspecified atom stereocenters. The van der Waals surface area contributed by atoms with Gasteiger partial charge in [0.15, 0.2) is 0 Å². The van der Waals surface area contributed by atoms with Crippen molar-refractivity contribution < 1.29 is 0 Å². The van der Waals surface area contributed by atoms with Crippen molar-refractivity contribution in [2.24, 2.45) is 5.92 Å². The summed E-state index contributed by atoms with van der Waals surface area (Å²) in [7, 11) is 0. The summed E-state index contributed by atoms with van der Waals surface area (Å²) in [6.07, 6.45) is 4.45. The van der Waals surface area contributed by atoms with Crippen molar-refractivity contribution in [3.8, 4) is 0 Å². The standard InChI is InChI=1S/C15H25N3O/c1-2-17-10-6-14(7-11-17)13-16-8-12-18-9-4-3-5-15(18)19/h3-5,9,14,16H,2,6-8,10-13H2,1H3. The van der Waals surface area contributed by atoms with E-state index >= 15 is 0 Å². The smallest absolute Gasteiger partial charge is 0.250 e. The van der Waals surface area contributed by atoms with Crippen molar-refractivity contribution in [2.45, 2.75) is 26.3 Å². The number of aromatic nitrogens is 1. The van der Waals surface area contributed by atoms with Gasteiger partial charge in [-0.25, -0.2) is 0 Å². The lowest BCUT2D eigenvalue weighted by molar-refractivity contribution is 0.190. The van der Waals surface area contributed by atoms with E-state index in [9.17, 15) is 4.79 Å². The van der Waals surface area contributed by atoms with E-state index in [1.54, 1.807) is 16.7 Å². The molecule has 4 nitrogen and oxygen atoms in total. The first-order valence-corrected chi connectivity index (χ1v) is 7.38. The first-order chi connectivity index (χ1) is 9.29.